The van der Waals surface area contributed by atoms with Crippen LogP contribution in [0.3, 0.4) is 0 Å². The molecule has 110 valence electrons. The molecule has 0 aliphatic heterocycles. The quantitative estimate of drug-likeness (QED) is 0.473. The predicted molar refractivity (Wildman–Crippen MR) is 90.3 cm³/mol. The number of Topliss-reactive ketones (excluding diaryl/α,β-unsaturated/α-hetero) is 1. The molecule has 0 unspecified atom stereocenters. The van der Waals surface area contributed by atoms with Crippen molar-refractivity contribution in [2.45, 2.75) is 20.3 Å². The summed E-state index contributed by atoms with van der Waals surface area (Å²) in [6.45, 7) is 3.50. The molecule has 2 heterocycles. The van der Waals surface area contributed by atoms with Crippen molar-refractivity contribution in [3.63, 3.8) is 0 Å². The van der Waals surface area contributed by atoms with Crippen LogP contribution in [-0.2, 0) is 11.2 Å². The van der Waals surface area contributed by atoms with Crippen molar-refractivity contribution >= 4 is 54.4 Å². The highest BCUT2D eigenvalue weighted by atomic mass is 79.9. The van der Waals surface area contributed by atoms with Crippen molar-refractivity contribution in [2.24, 2.45) is 0 Å². The lowest BCUT2D eigenvalue weighted by Crippen LogP contribution is -1.93. The van der Waals surface area contributed by atoms with Gasteiger partial charge in [-0.3, -0.25) is 4.79 Å². The second-order valence-corrected chi connectivity index (χ2v) is 6.54. The lowest BCUT2D eigenvalue weighted by atomic mass is 10.0. The van der Waals surface area contributed by atoms with Gasteiger partial charge in [0.05, 0.1) is 11.8 Å². The van der Waals surface area contributed by atoms with Crippen LogP contribution < -0.4 is 0 Å². The Morgan fingerprint density at radius 1 is 1.00 bits per heavy atom. The summed E-state index contributed by atoms with van der Waals surface area (Å²) in [7, 11) is 0. The average Bonchev–Trinajstić information content (AvgIpc) is 3.01. The molecule has 0 saturated heterocycles. The summed E-state index contributed by atoms with van der Waals surface area (Å²) < 4.78 is 12.8. The van der Waals surface area contributed by atoms with Gasteiger partial charge in [-0.05, 0) is 43.5 Å². The number of fused-ring (bicyclic) bond motifs is 6. The molecule has 0 aliphatic carbocycles. The first-order valence-electron chi connectivity index (χ1n) is 7.06. The number of hydrogen-bond acceptors (Lipinski definition) is 3. The van der Waals surface area contributed by atoms with Crippen molar-refractivity contribution in [1.82, 2.24) is 0 Å². The van der Waals surface area contributed by atoms with E-state index in [-0.39, 0.29) is 5.78 Å². The fourth-order valence-corrected chi connectivity index (χ4v) is 3.36. The van der Waals surface area contributed by atoms with E-state index in [1.165, 1.54) is 0 Å². The standard InChI is InChI=1S/C18H13BrO3/c1-9(20)5-12-8-15-13-4-3-11(19)7-14(13)17-16(18(15)22-12)6-10(2)21-17/h3-4,6-8H,5H2,1-2H3. The highest BCUT2D eigenvalue weighted by molar-refractivity contribution is 9.10. The van der Waals surface area contributed by atoms with Crippen LogP contribution in [0.5, 0.6) is 0 Å². The maximum Gasteiger partial charge on any atom is 0.146 e. The Hall–Kier alpha value is -2.07. The van der Waals surface area contributed by atoms with Gasteiger partial charge < -0.3 is 8.83 Å². The van der Waals surface area contributed by atoms with Gasteiger partial charge in [0.25, 0.3) is 0 Å². The highest BCUT2D eigenvalue weighted by Gasteiger charge is 2.17. The lowest BCUT2D eigenvalue weighted by molar-refractivity contribution is -0.116. The first kappa shape index (κ1) is 13.6. The number of benzene rings is 2. The van der Waals surface area contributed by atoms with Gasteiger partial charge in [0.15, 0.2) is 0 Å². The van der Waals surface area contributed by atoms with Crippen LogP contribution in [-0.4, -0.2) is 5.78 Å². The molecule has 0 bridgehead atoms. The van der Waals surface area contributed by atoms with Crippen LogP contribution >= 0.6 is 15.9 Å². The van der Waals surface area contributed by atoms with E-state index in [1.807, 2.05) is 31.2 Å². The first-order chi connectivity index (χ1) is 10.5. The maximum atomic E-state index is 11.4. The lowest BCUT2D eigenvalue weighted by Gasteiger charge is -2.02. The Bertz CT molecular complexity index is 1050. The smallest absolute Gasteiger partial charge is 0.146 e. The minimum atomic E-state index is 0.0886. The van der Waals surface area contributed by atoms with Crippen LogP contribution in [0.15, 0.2) is 43.6 Å². The molecular formula is C18H13BrO3. The Morgan fingerprint density at radius 2 is 1.73 bits per heavy atom. The summed E-state index contributed by atoms with van der Waals surface area (Å²) in [6, 6.07) is 10.1. The normalized spacial score (nSPS) is 11.8. The largest absolute Gasteiger partial charge is 0.461 e. The maximum absolute atomic E-state index is 11.4. The third-order valence-corrected chi connectivity index (χ3v) is 4.32. The third kappa shape index (κ3) is 1.98. The van der Waals surface area contributed by atoms with Gasteiger partial charge in [-0.15, -0.1) is 0 Å². The molecule has 0 amide bonds. The SMILES string of the molecule is CC(=O)Cc1cc2c3ccc(Br)cc3c3oc(C)cc3c2o1. The Kier molecular flexibility index (Phi) is 2.91. The Balaban J connectivity index is 2.20. The van der Waals surface area contributed by atoms with Gasteiger partial charge in [0.1, 0.15) is 28.5 Å². The van der Waals surface area contributed by atoms with E-state index in [1.54, 1.807) is 6.92 Å². The molecule has 22 heavy (non-hydrogen) atoms. The van der Waals surface area contributed by atoms with Gasteiger partial charge in [-0.25, -0.2) is 0 Å². The molecular weight excluding hydrogens is 344 g/mol. The highest BCUT2D eigenvalue weighted by Crippen LogP contribution is 2.39. The predicted octanol–water partition coefficient (Wildman–Crippen LogP) is 5.53. The van der Waals surface area contributed by atoms with Crippen molar-refractivity contribution in [1.29, 1.82) is 0 Å². The number of rotatable bonds is 2. The van der Waals surface area contributed by atoms with Crippen molar-refractivity contribution in [2.75, 3.05) is 0 Å². The fourth-order valence-electron chi connectivity index (χ4n) is 3.00. The zero-order valence-corrected chi connectivity index (χ0v) is 13.8. The van der Waals surface area contributed by atoms with Gasteiger partial charge in [0.2, 0.25) is 0 Å². The number of ketones is 1. The molecule has 2 aromatic carbocycles. The minimum absolute atomic E-state index is 0.0886. The van der Waals surface area contributed by atoms with Crippen LogP contribution in [0.25, 0.3) is 32.7 Å². The zero-order valence-electron chi connectivity index (χ0n) is 12.2. The van der Waals surface area contributed by atoms with Crippen molar-refractivity contribution in [3.05, 3.63) is 46.3 Å². The number of furan rings is 2. The minimum Gasteiger partial charge on any atom is -0.461 e. The molecule has 4 aromatic rings. The molecule has 4 heteroatoms. The molecule has 0 saturated carbocycles. The van der Waals surface area contributed by atoms with E-state index in [0.717, 1.165) is 42.9 Å². The van der Waals surface area contributed by atoms with Crippen LogP contribution in [0.1, 0.15) is 18.4 Å². The summed E-state index contributed by atoms with van der Waals surface area (Å²) in [5, 5.41) is 4.08. The van der Waals surface area contributed by atoms with E-state index < -0.39 is 0 Å². The van der Waals surface area contributed by atoms with E-state index >= 15 is 0 Å². The van der Waals surface area contributed by atoms with Crippen molar-refractivity contribution in [3.8, 4) is 0 Å². The third-order valence-electron chi connectivity index (χ3n) is 3.82. The number of hydrogen-bond donors (Lipinski definition) is 0. The number of carbonyl (C=O) groups excluding carboxylic acids is 1. The van der Waals surface area contributed by atoms with E-state index in [9.17, 15) is 4.79 Å². The first-order valence-corrected chi connectivity index (χ1v) is 7.85. The topological polar surface area (TPSA) is 43.4 Å². The summed E-state index contributed by atoms with van der Waals surface area (Å²) in [6.07, 6.45) is 0.311. The van der Waals surface area contributed by atoms with E-state index in [2.05, 4.69) is 22.0 Å². The van der Waals surface area contributed by atoms with Gasteiger partial charge >= 0.3 is 0 Å². The van der Waals surface area contributed by atoms with Gasteiger partial charge in [-0.2, -0.15) is 0 Å². The van der Waals surface area contributed by atoms with E-state index in [0.29, 0.717) is 12.2 Å². The zero-order chi connectivity index (χ0) is 15.4. The average molecular weight is 357 g/mol. The second-order valence-electron chi connectivity index (χ2n) is 5.62. The number of aryl methyl sites for hydroxylation is 1. The molecule has 0 radical (unpaired) electrons. The molecule has 0 spiro atoms. The Morgan fingerprint density at radius 3 is 2.50 bits per heavy atom. The molecule has 3 nitrogen and oxygen atoms in total. The van der Waals surface area contributed by atoms with E-state index in [4.69, 9.17) is 8.83 Å². The molecule has 0 aliphatic rings. The molecule has 0 N–H and O–H groups in total. The fraction of sp³-hybridized carbons (Fsp3) is 0.167. The monoisotopic (exact) mass is 356 g/mol. The molecule has 0 fully saturated rings. The summed E-state index contributed by atoms with van der Waals surface area (Å²) in [5.41, 5.74) is 1.61. The van der Waals surface area contributed by atoms with Crippen LogP contribution in [0.4, 0.5) is 0 Å². The molecule has 2 aromatic heterocycles. The van der Waals surface area contributed by atoms with Crippen molar-refractivity contribution < 1.29 is 13.6 Å². The van der Waals surface area contributed by atoms with Gasteiger partial charge in [0, 0.05) is 15.2 Å². The van der Waals surface area contributed by atoms with Gasteiger partial charge in [-0.1, -0.05) is 22.0 Å². The van der Waals surface area contributed by atoms with Crippen LogP contribution in [0.2, 0.25) is 0 Å². The summed E-state index contributed by atoms with van der Waals surface area (Å²) >= 11 is 3.52. The van der Waals surface area contributed by atoms with Crippen LogP contribution in [0, 0.1) is 6.92 Å². The summed E-state index contributed by atoms with van der Waals surface area (Å²) in [4.78, 5) is 11.4. The number of halogens is 1. The number of carbonyl (C=O) groups is 1. The molecule has 4 rings (SSSR count). The second kappa shape index (κ2) is 4.71. The molecule has 0 atom stereocenters. The Labute approximate surface area is 135 Å². The summed E-state index contributed by atoms with van der Waals surface area (Å²) in [5.74, 6) is 1.62.